The Morgan fingerprint density at radius 3 is 2.40 bits per heavy atom. The second-order valence-electron chi connectivity index (χ2n) is 4.75. The topological polar surface area (TPSA) is 43.8 Å². The van der Waals surface area contributed by atoms with E-state index in [1.54, 1.807) is 11.4 Å². The van der Waals surface area contributed by atoms with Gasteiger partial charge in [0.15, 0.2) is 0 Å². The predicted molar refractivity (Wildman–Crippen MR) is 69.1 cm³/mol. The molecular weight excluding hydrogens is 293 g/mol. The van der Waals surface area contributed by atoms with Crippen molar-refractivity contribution in [2.75, 3.05) is 32.7 Å². The van der Waals surface area contributed by atoms with Crippen LogP contribution in [0.1, 0.15) is 15.2 Å². The highest BCUT2D eigenvalue weighted by Gasteiger charge is 2.32. The third-order valence-electron chi connectivity index (χ3n) is 3.20. The molecular formula is C12H15F3N2O2S. The highest BCUT2D eigenvalue weighted by Crippen LogP contribution is 2.21. The molecule has 0 bridgehead atoms. The van der Waals surface area contributed by atoms with Crippen molar-refractivity contribution >= 4 is 17.3 Å². The van der Waals surface area contributed by atoms with Crippen LogP contribution in [0.25, 0.3) is 0 Å². The molecule has 0 saturated carbocycles. The van der Waals surface area contributed by atoms with Gasteiger partial charge in [-0.3, -0.25) is 9.80 Å². The van der Waals surface area contributed by atoms with Crippen molar-refractivity contribution in [2.45, 2.75) is 12.7 Å². The number of nitrogens with zero attached hydrogens (tertiary/aromatic N) is 2. The van der Waals surface area contributed by atoms with Crippen molar-refractivity contribution in [1.82, 2.24) is 9.80 Å². The summed E-state index contributed by atoms with van der Waals surface area (Å²) >= 11 is 1.17. The first kappa shape index (κ1) is 15.3. The predicted octanol–water partition coefficient (Wildman–Crippen LogP) is 2.13. The van der Waals surface area contributed by atoms with E-state index < -0.39 is 18.7 Å². The summed E-state index contributed by atoms with van der Waals surface area (Å²) in [5.41, 5.74) is 0.728. The van der Waals surface area contributed by atoms with Crippen molar-refractivity contribution < 1.29 is 23.1 Å². The summed E-state index contributed by atoms with van der Waals surface area (Å²) in [7, 11) is 0. The molecule has 1 aliphatic heterocycles. The summed E-state index contributed by atoms with van der Waals surface area (Å²) in [4.78, 5) is 14.7. The highest BCUT2D eigenvalue weighted by molar-refractivity contribution is 7.12. The van der Waals surface area contributed by atoms with Gasteiger partial charge in [-0.25, -0.2) is 4.79 Å². The second kappa shape index (κ2) is 6.11. The zero-order chi connectivity index (χ0) is 14.8. The number of piperazine rings is 1. The lowest BCUT2D eigenvalue weighted by Gasteiger charge is -2.34. The van der Waals surface area contributed by atoms with E-state index in [0.717, 1.165) is 5.56 Å². The van der Waals surface area contributed by atoms with E-state index in [4.69, 9.17) is 5.11 Å². The fraction of sp³-hybridized carbons (Fsp3) is 0.583. The van der Waals surface area contributed by atoms with Crippen LogP contribution in [0.3, 0.4) is 0 Å². The van der Waals surface area contributed by atoms with E-state index in [-0.39, 0.29) is 0 Å². The molecule has 1 fully saturated rings. The molecule has 1 aliphatic rings. The number of hydrogen-bond donors (Lipinski definition) is 1. The average Bonchev–Trinajstić information content (AvgIpc) is 2.78. The first-order valence-electron chi connectivity index (χ1n) is 6.16. The van der Waals surface area contributed by atoms with Crippen LogP contribution in [0.4, 0.5) is 13.2 Å². The van der Waals surface area contributed by atoms with Crippen molar-refractivity contribution in [2.24, 2.45) is 0 Å². The van der Waals surface area contributed by atoms with Gasteiger partial charge >= 0.3 is 12.1 Å². The van der Waals surface area contributed by atoms with E-state index in [9.17, 15) is 18.0 Å². The molecule has 1 aromatic rings. The zero-order valence-electron chi connectivity index (χ0n) is 10.7. The number of aromatic carboxylic acids is 1. The Labute approximate surface area is 118 Å². The number of halogens is 3. The normalized spacial score (nSPS) is 18.4. The van der Waals surface area contributed by atoms with Crippen molar-refractivity contribution in [3.05, 3.63) is 21.9 Å². The quantitative estimate of drug-likeness (QED) is 0.925. The molecule has 0 aromatic carbocycles. The van der Waals surface area contributed by atoms with Crippen LogP contribution in [0, 0.1) is 0 Å². The fourth-order valence-electron chi connectivity index (χ4n) is 2.25. The molecule has 2 rings (SSSR count). The van der Waals surface area contributed by atoms with Crippen LogP contribution in [0.15, 0.2) is 11.4 Å². The molecule has 2 heterocycles. The van der Waals surface area contributed by atoms with Crippen molar-refractivity contribution in [3.8, 4) is 0 Å². The van der Waals surface area contributed by atoms with Crippen LogP contribution in [0.5, 0.6) is 0 Å². The minimum Gasteiger partial charge on any atom is -0.477 e. The number of carbonyl (C=O) groups is 1. The number of thiophene rings is 1. The van der Waals surface area contributed by atoms with Gasteiger partial charge in [-0.2, -0.15) is 13.2 Å². The maximum Gasteiger partial charge on any atom is 0.401 e. The summed E-state index contributed by atoms with van der Waals surface area (Å²) in [5.74, 6) is -0.953. The largest absolute Gasteiger partial charge is 0.477 e. The van der Waals surface area contributed by atoms with E-state index in [1.165, 1.54) is 16.2 Å². The number of hydrogen-bond acceptors (Lipinski definition) is 4. The first-order chi connectivity index (χ1) is 9.35. The van der Waals surface area contributed by atoms with Crippen LogP contribution in [-0.4, -0.2) is 59.8 Å². The Morgan fingerprint density at radius 2 is 1.85 bits per heavy atom. The third kappa shape index (κ3) is 4.19. The molecule has 1 aromatic heterocycles. The lowest BCUT2D eigenvalue weighted by Crippen LogP contribution is -2.48. The standard InChI is InChI=1S/C12H15F3N2O2S/c13-12(14,15)8-17-4-2-16(3-5-17)7-9-1-6-20-10(9)11(18)19/h1,6H,2-5,7-8H2,(H,18,19). The third-order valence-corrected chi connectivity index (χ3v) is 4.15. The second-order valence-corrected chi connectivity index (χ2v) is 5.66. The lowest BCUT2D eigenvalue weighted by molar-refractivity contribution is -0.149. The molecule has 20 heavy (non-hydrogen) atoms. The number of alkyl halides is 3. The molecule has 0 unspecified atom stereocenters. The minimum absolute atomic E-state index is 0.308. The van der Waals surface area contributed by atoms with Gasteiger partial charge in [-0.15, -0.1) is 11.3 Å². The Morgan fingerprint density at radius 1 is 1.25 bits per heavy atom. The molecule has 1 N–H and O–H groups in total. The van der Waals surface area contributed by atoms with E-state index >= 15 is 0 Å². The summed E-state index contributed by atoms with van der Waals surface area (Å²) in [5, 5.41) is 10.7. The highest BCUT2D eigenvalue weighted by atomic mass is 32.1. The van der Waals surface area contributed by atoms with Crippen molar-refractivity contribution in [1.29, 1.82) is 0 Å². The molecule has 0 radical (unpaired) electrons. The van der Waals surface area contributed by atoms with Crippen molar-refractivity contribution in [3.63, 3.8) is 0 Å². The Bertz CT molecular complexity index is 468. The summed E-state index contributed by atoms with van der Waals surface area (Å²) in [6.07, 6.45) is -4.16. The molecule has 0 amide bonds. The van der Waals surface area contributed by atoms with Crippen LogP contribution < -0.4 is 0 Å². The van der Waals surface area contributed by atoms with Crippen LogP contribution in [0.2, 0.25) is 0 Å². The molecule has 112 valence electrons. The minimum atomic E-state index is -4.16. The molecule has 0 spiro atoms. The lowest BCUT2D eigenvalue weighted by atomic mass is 10.2. The van der Waals surface area contributed by atoms with Gasteiger partial charge in [-0.05, 0) is 17.0 Å². The molecule has 8 heteroatoms. The van der Waals surface area contributed by atoms with E-state index in [1.807, 2.05) is 4.90 Å². The molecule has 4 nitrogen and oxygen atoms in total. The summed E-state index contributed by atoms with van der Waals surface area (Å²) in [6, 6.07) is 1.76. The van der Waals surface area contributed by atoms with Crippen LogP contribution >= 0.6 is 11.3 Å². The van der Waals surface area contributed by atoms with Gasteiger partial charge in [0, 0.05) is 32.7 Å². The molecule has 0 aliphatic carbocycles. The van der Waals surface area contributed by atoms with Gasteiger partial charge in [0.2, 0.25) is 0 Å². The van der Waals surface area contributed by atoms with Crippen LogP contribution in [-0.2, 0) is 6.54 Å². The van der Waals surface area contributed by atoms with Gasteiger partial charge in [0.1, 0.15) is 4.88 Å². The Hall–Kier alpha value is -1.12. The first-order valence-corrected chi connectivity index (χ1v) is 7.04. The van der Waals surface area contributed by atoms with Gasteiger partial charge < -0.3 is 5.11 Å². The number of carboxylic acid groups (broad SMARTS) is 1. The monoisotopic (exact) mass is 308 g/mol. The van der Waals surface area contributed by atoms with E-state index in [2.05, 4.69) is 0 Å². The Kier molecular flexibility index (Phi) is 4.66. The van der Waals surface area contributed by atoms with Gasteiger partial charge in [0.05, 0.1) is 6.54 Å². The number of rotatable bonds is 4. The average molecular weight is 308 g/mol. The zero-order valence-corrected chi connectivity index (χ0v) is 11.5. The Balaban J connectivity index is 1.85. The molecule has 0 atom stereocenters. The summed E-state index contributed by atoms with van der Waals surface area (Å²) < 4.78 is 36.8. The fourth-order valence-corrected chi connectivity index (χ4v) is 3.00. The SMILES string of the molecule is O=C(O)c1sccc1CN1CCN(CC(F)(F)F)CC1. The van der Waals surface area contributed by atoms with Gasteiger partial charge in [-0.1, -0.05) is 0 Å². The number of carboxylic acids is 1. The maximum atomic E-state index is 12.3. The molecule has 1 saturated heterocycles. The van der Waals surface area contributed by atoms with Gasteiger partial charge in [0.25, 0.3) is 0 Å². The maximum absolute atomic E-state index is 12.3. The summed E-state index contributed by atoms with van der Waals surface area (Å²) in [6.45, 7) is 1.35. The van der Waals surface area contributed by atoms with E-state index in [0.29, 0.717) is 37.6 Å². The smallest absolute Gasteiger partial charge is 0.401 e.